The molecule has 0 bridgehead atoms. The summed E-state index contributed by atoms with van der Waals surface area (Å²) in [4.78, 5) is 17.2. The van der Waals surface area contributed by atoms with E-state index < -0.39 is 21.0 Å². The third-order valence-corrected chi connectivity index (χ3v) is 2.04. The lowest BCUT2D eigenvalue weighted by Crippen LogP contribution is -2.08. The monoisotopic (exact) mass is 202 g/mol. The fourth-order valence-electron chi connectivity index (χ4n) is 0.639. The second-order valence-corrected chi connectivity index (χ2v) is 4.21. The van der Waals surface area contributed by atoms with Crippen LogP contribution >= 0.6 is 0 Å². The molecule has 1 heterocycles. The molecule has 0 fully saturated rings. The van der Waals surface area contributed by atoms with Crippen molar-refractivity contribution in [3.8, 4) is 0 Å². The van der Waals surface area contributed by atoms with Crippen molar-refractivity contribution in [3.05, 3.63) is 18.0 Å². The van der Waals surface area contributed by atoms with Gasteiger partial charge in [-0.3, -0.25) is 0 Å². The Morgan fingerprint density at radius 1 is 1.54 bits per heavy atom. The van der Waals surface area contributed by atoms with E-state index in [2.05, 4.69) is 9.97 Å². The first-order valence-electron chi connectivity index (χ1n) is 3.17. The maximum Gasteiger partial charge on any atom is 0.354 e. The first-order valence-corrected chi connectivity index (χ1v) is 5.07. The molecule has 0 radical (unpaired) electrons. The molecular formula is C6H6N2O4S. The minimum Gasteiger partial charge on any atom is -0.477 e. The highest BCUT2D eigenvalue weighted by Crippen LogP contribution is 2.01. The van der Waals surface area contributed by atoms with Crippen LogP contribution in [0.4, 0.5) is 0 Å². The molecular weight excluding hydrogens is 196 g/mol. The van der Waals surface area contributed by atoms with Crippen LogP contribution in [0.3, 0.4) is 0 Å². The van der Waals surface area contributed by atoms with Crippen molar-refractivity contribution < 1.29 is 18.3 Å². The Labute approximate surface area is 74.2 Å². The van der Waals surface area contributed by atoms with E-state index >= 15 is 0 Å². The highest BCUT2D eigenvalue weighted by Gasteiger charge is 2.13. The molecule has 0 saturated heterocycles. The maximum atomic E-state index is 10.9. The average Bonchev–Trinajstić information content (AvgIpc) is 2.03. The Kier molecular flexibility index (Phi) is 2.28. The summed E-state index contributed by atoms with van der Waals surface area (Å²) in [5.74, 6) is -1.28. The van der Waals surface area contributed by atoms with Crippen molar-refractivity contribution in [1.29, 1.82) is 0 Å². The first-order chi connectivity index (χ1) is 5.91. The Morgan fingerprint density at radius 2 is 2.15 bits per heavy atom. The maximum absolute atomic E-state index is 10.9. The van der Waals surface area contributed by atoms with Gasteiger partial charge in [-0.1, -0.05) is 0 Å². The summed E-state index contributed by atoms with van der Waals surface area (Å²) in [7, 11) is -3.54. The zero-order chi connectivity index (χ0) is 10.1. The molecule has 0 aromatic carbocycles. The van der Waals surface area contributed by atoms with Gasteiger partial charge in [-0.05, 0) is 6.07 Å². The molecule has 0 aliphatic heterocycles. The van der Waals surface area contributed by atoms with Gasteiger partial charge in [-0.25, -0.2) is 23.2 Å². The van der Waals surface area contributed by atoms with Crippen molar-refractivity contribution in [1.82, 2.24) is 9.97 Å². The average molecular weight is 202 g/mol. The summed E-state index contributed by atoms with van der Waals surface area (Å²) in [6.07, 6.45) is 2.00. The number of sulfone groups is 1. The highest BCUT2D eigenvalue weighted by atomic mass is 32.2. The number of rotatable bonds is 2. The number of aromatic nitrogens is 2. The molecule has 0 spiro atoms. The zero-order valence-electron chi connectivity index (χ0n) is 6.63. The van der Waals surface area contributed by atoms with Gasteiger partial charge < -0.3 is 5.11 Å². The van der Waals surface area contributed by atoms with E-state index in [4.69, 9.17) is 5.11 Å². The fraction of sp³-hybridized carbons (Fsp3) is 0.167. The van der Waals surface area contributed by atoms with E-state index in [1.807, 2.05) is 0 Å². The van der Waals surface area contributed by atoms with Gasteiger partial charge in [0.1, 0.15) is 0 Å². The second-order valence-electron chi connectivity index (χ2n) is 2.30. The van der Waals surface area contributed by atoms with Crippen LogP contribution in [0.15, 0.2) is 17.4 Å². The lowest BCUT2D eigenvalue weighted by molar-refractivity contribution is 0.0689. The Hall–Kier alpha value is -1.50. The molecule has 0 saturated carbocycles. The molecule has 70 valence electrons. The van der Waals surface area contributed by atoms with Gasteiger partial charge in [-0.15, -0.1) is 0 Å². The van der Waals surface area contributed by atoms with E-state index in [0.29, 0.717) is 0 Å². The molecule has 1 rings (SSSR count). The van der Waals surface area contributed by atoms with Crippen molar-refractivity contribution >= 4 is 15.8 Å². The van der Waals surface area contributed by atoms with Crippen LogP contribution in [0, 0.1) is 0 Å². The molecule has 13 heavy (non-hydrogen) atoms. The smallest absolute Gasteiger partial charge is 0.354 e. The van der Waals surface area contributed by atoms with Crippen LogP contribution in [0.5, 0.6) is 0 Å². The minimum atomic E-state index is -3.54. The number of hydrogen-bond donors (Lipinski definition) is 1. The van der Waals surface area contributed by atoms with Crippen molar-refractivity contribution in [3.63, 3.8) is 0 Å². The number of aromatic carboxylic acids is 1. The predicted octanol–water partition coefficient (Wildman–Crippen LogP) is -0.422. The van der Waals surface area contributed by atoms with E-state index in [-0.39, 0.29) is 5.69 Å². The number of carboxylic acid groups (broad SMARTS) is 1. The Balaban J connectivity index is 3.29. The van der Waals surface area contributed by atoms with Crippen LogP contribution in [0.2, 0.25) is 0 Å². The molecule has 0 unspecified atom stereocenters. The third kappa shape index (κ3) is 2.22. The number of carbonyl (C=O) groups is 1. The minimum absolute atomic E-state index is 0.338. The topological polar surface area (TPSA) is 97.2 Å². The number of hydrogen-bond acceptors (Lipinski definition) is 5. The summed E-state index contributed by atoms with van der Waals surface area (Å²) in [6, 6.07) is 1.12. The van der Waals surface area contributed by atoms with Gasteiger partial charge in [0.05, 0.1) is 0 Å². The first kappa shape index (κ1) is 9.59. The zero-order valence-corrected chi connectivity index (χ0v) is 7.45. The van der Waals surface area contributed by atoms with Gasteiger partial charge in [-0.2, -0.15) is 0 Å². The van der Waals surface area contributed by atoms with Gasteiger partial charge in [0.15, 0.2) is 5.69 Å². The molecule has 6 nitrogen and oxygen atoms in total. The Bertz CT molecular complexity index is 440. The molecule has 1 aromatic rings. The van der Waals surface area contributed by atoms with Gasteiger partial charge in [0.2, 0.25) is 15.0 Å². The number of carboxylic acids is 1. The molecule has 0 atom stereocenters. The van der Waals surface area contributed by atoms with Crippen molar-refractivity contribution in [2.75, 3.05) is 6.26 Å². The Morgan fingerprint density at radius 3 is 2.62 bits per heavy atom. The second kappa shape index (κ2) is 3.09. The van der Waals surface area contributed by atoms with Gasteiger partial charge >= 0.3 is 5.97 Å². The van der Waals surface area contributed by atoms with E-state index in [1.54, 1.807) is 0 Å². The molecule has 0 aliphatic carbocycles. The fourth-order valence-corrected chi connectivity index (χ4v) is 1.16. The van der Waals surface area contributed by atoms with Crippen molar-refractivity contribution in [2.45, 2.75) is 5.16 Å². The lowest BCUT2D eigenvalue weighted by atomic mass is 10.4. The predicted molar refractivity (Wildman–Crippen MR) is 42.1 cm³/mol. The lowest BCUT2D eigenvalue weighted by Gasteiger charge is -1.96. The van der Waals surface area contributed by atoms with Crippen LogP contribution < -0.4 is 0 Å². The van der Waals surface area contributed by atoms with E-state index in [9.17, 15) is 13.2 Å². The SMILES string of the molecule is CS(=O)(=O)c1nccc(C(=O)O)n1. The molecule has 0 amide bonds. The molecule has 1 aromatic heterocycles. The number of nitrogens with zero attached hydrogens (tertiary/aromatic N) is 2. The molecule has 1 N–H and O–H groups in total. The van der Waals surface area contributed by atoms with Crippen LogP contribution in [-0.4, -0.2) is 35.7 Å². The van der Waals surface area contributed by atoms with Gasteiger partial charge in [0.25, 0.3) is 0 Å². The summed E-state index contributed by atoms with van der Waals surface area (Å²) in [6.45, 7) is 0. The largest absolute Gasteiger partial charge is 0.477 e. The summed E-state index contributed by atoms with van der Waals surface area (Å²) < 4.78 is 21.8. The summed E-state index contributed by atoms with van der Waals surface area (Å²) in [5, 5.41) is 8.01. The van der Waals surface area contributed by atoms with Crippen LogP contribution in [0.1, 0.15) is 10.5 Å². The van der Waals surface area contributed by atoms with Crippen LogP contribution in [-0.2, 0) is 9.84 Å². The van der Waals surface area contributed by atoms with Gasteiger partial charge in [0, 0.05) is 12.5 Å². The van der Waals surface area contributed by atoms with E-state index in [1.165, 1.54) is 0 Å². The van der Waals surface area contributed by atoms with Crippen molar-refractivity contribution in [2.24, 2.45) is 0 Å². The quantitative estimate of drug-likeness (QED) is 0.654. The third-order valence-electron chi connectivity index (χ3n) is 1.18. The van der Waals surface area contributed by atoms with E-state index in [0.717, 1.165) is 18.5 Å². The summed E-state index contributed by atoms with van der Waals surface area (Å²) in [5.41, 5.74) is -0.338. The summed E-state index contributed by atoms with van der Waals surface area (Å²) >= 11 is 0. The molecule has 7 heteroatoms. The normalized spacial score (nSPS) is 11.2. The molecule has 0 aliphatic rings. The van der Waals surface area contributed by atoms with Crippen LogP contribution in [0.25, 0.3) is 0 Å². The standard InChI is InChI=1S/C6H6N2O4S/c1-13(11,12)6-7-3-2-4(8-6)5(9)10/h2-3H,1H3,(H,9,10). The highest BCUT2D eigenvalue weighted by molar-refractivity contribution is 7.90.